The summed E-state index contributed by atoms with van der Waals surface area (Å²) in [7, 11) is -9.90. The molecule has 552 valence electrons. The Morgan fingerprint density at radius 3 is 0.731 bits per heavy atom. The van der Waals surface area contributed by atoms with Crippen LogP contribution in [0.4, 0.5) is 0 Å². The number of hydrogen-bond donors (Lipinski definition) is 3. The SMILES string of the molecule is CCCCCCCCCCCCCCCCCCCCC(=O)O[C@H](COC(=O)CCCCCCCCCCCCCCCCCCC)COP(=O)(O)OC[C@@H](O)COP(=O)(O)OC[C@@H](COC(=O)CCCCCCCCC(C)C)OC(=O)CCCCCCCCC(C)C. The molecule has 17 nitrogen and oxygen atoms in total. The van der Waals surface area contributed by atoms with E-state index in [-0.39, 0.29) is 25.7 Å². The molecule has 2 unspecified atom stereocenters. The highest BCUT2D eigenvalue weighted by molar-refractivity contribution is 7.47. The van der Waals surface area contributed by atoms with Gasteiger partial charge in [0.05, 0.1) is 26.4 Å². The molecule has 0 heterocycles. The van der Waals surface area contributed by atoms with Gasteiger partial charge in [-0.25, -0.2) is 9.13 Å². The normalized spacial score (nSPS) is 14.1. The van der Waals surface area contributed by atoms with Crippen molar-refractivity contribution in [3.63, 3.8) is 0 Å². The third-order valence-corrected chi connectivity index (χ3v) is 19.1. The molecule has 5 atom stereocenters. The van der Waals surface area contributed by atoms with Gasteiger partial charge in [-0.2, -0.15) is 0 Å². The molecule has 0 aromatic carbocycles. The molecule has 0 aromatic rings. The highest BCUT2D eigenvalue weighted by atomic mass is 31.2. The van der Waals surface area contributed by atoms with Crippen LogP contribution in [0.5, 0.6) is 0 Å². The van der Waals surface area contributed by atoms with Gasteiger partial charge in [0.25, 0.3) is 0 Å². The Labute approximate surface area is 568 Å². The first-order valence-corrected chi connectivity index (χ1v) is 41.5. The maximum absolute atomic E-state index is 13.1. The van der Waals surface area contributed by atoms with Gasteiger partial charge < -0.3 is 33.8 Å². The molecule has 19 heteroatoms. The standard InChI is InChI=1S/C74H144O17P2/c1-7-9-11-13-15-17-19-21-23-25-27-29-31-33-35-37-46-52-58-73(78)90-69(62-84-71(76)56-50-44-36-34-32-30-28-26-24-22-20-18-16-14-12-10-8-2)64-88-92(80,81)86-60-68(75)61-87-93(82,83)89-65-70(91-74(79)59-53-47-41-39-43-49-55-67(5)6)63-85-72(77)57-51-45-40-38-42-48-54-66(3)4/h66-70,75H,7-65H2,1-6H3,(H,80,81)(H,82,83)/t68-,69-,70-/m1/s1. The minimum atomic E-state index is -4.96. The van der Waals surface area contributed by atoms with E-state index < -0.39 is 97.5 Å². The van der Waals surface area contributed by atoms with Crippen LogP contribution in [0.15, 0.2) is 0 Å². The van der Waals surface area contributed by atoms with Crippen LogP contribution in [0.2, 0.25) is 0 Å². The summed E-state index contributed by atoms with van der Waals surface area (Å²) < 4.78 is 68.3. The second kappa shape index (κ2) is 66.0. The number of ether oxygens (including phenoxy) is 4. The van der Waals surface area contributed by atoms with Crippen molar-refractivity contribution in [1.29, 1.82) is 0 Å². The van der Waals surface area contributed by atoms with Gasteiger partial charge in [0.2, 0.25) is 0 Å². The summed E-state index contributed by atoms with van der Waals surface area (Å²) in [4.78, 5) is 72.6. The smallest absolute Gasteiger partial charge is 0.462 e. The van der Waals surface area contributed by atoms with Gasteiger partial charge in [0, 0.05) is 25.7 Å². The average molecular weight is 1370 g/mol. The lowest BCUT2D eigenvalue weighted by atomic mass is 10.0. The van der Waals surface area contributed by atoms with Crippen LogP contribution in [0.3, 0.4) is 0 Å². The molecule has 0 radical (unpaired) electrons. The molecule has 0 aliphatic heterocycles. The van der Waals surface area contributed by atoms with Crippen molar-refractivity contribution >= 4 is 39.5 Å². The number of aliphatic hydroxyl groups excluding tert-OH is 1. The van der Waals surface area contributed by atoms with E-state index in [2.05, 4.69) is 41.5 Å². The fourth-order valence-electron chi connectivity index (χ4n) is 11.3. The van der Waals surface area contributed by atoms with Gasteiger partial charge in [-0.05, 0) is 37.5 Å². The van der Waals surface area contributed by atoms with Gasteiger partial charge >= 0.3 is 39.5 Å². The fraction of sp³-hybridized carbons (Fsp3) is 0.946. The van der Waals surface area contributed by atoms with Crippen molar-refractivity contribution in [3.8, 4) is 0 Å². The van der Waals surface area contributed by atoms with Crippen molar-refractivity contribution in [1.82, 2.24) is 0 Å². The second-order valence-corrected chi connectivity index (χ2v) is 30.5. The summed E-state index contributed by atoms with van der Waals surface area (Å²) in [5.74, 6) is -0.776. The van der Waals surface area contributed by atoms with Crippen molar-refractivity contribution < 1.29 is 80.2 Å². The summed E-state index contributed by atoms with van der Waals surface area (Å²) in [6, 6.07) is 0. The van der Waals surface area contributed by atoms with E-state index in [1.807, 2.05) is 0 Å². The summed E-state index contributed by atoms with van der Waals surface area (Å²) in [5.41, 5.74) is 0. The predicted octanol–water partition coefficient (Wildman–Crippen LogP) is 21.6. The van der Waals surface area contributed by atoms with Gasteiger partial charge in [0.1, 0.15) is 19.3 Å². The first-order chi connectivity index (χ1) is 44.9. The largest absolute Gasteiger partial charge is 0.472 e. The van der Waals surface area contributed by atoms with E-state index in [0.29, 0.717) is 37.5 Å². The number of hydrogen-bond acceptors (Lipinski definition) is 15. The lowest BCUT2D eigenvalue weighted by molar-refractivity contribution is -0.161. The van der Waals surface area contributed by atoms with Gasteiger partial charge in [-0.15, -0.1) is 0 Å². The van der Waals surface area contributed by atoms with Crippen LogP contribution in [0.25, 0.3) is 0 Å². The quantitative estimate of drug-likeness (QED) is 0.0222. The van der Waals surface area contributed by atoms with Crippen LogP contribution >= 0.6 is 15.6 Å². The maximum Gasteiger partial charge on any atom is 0.472 e. The minimum Gasteiger partial charge on any atom is -0.462 e. The molecular formula is C74H144O17P2. The third-order valence-electron chi connectivity index (χ3n) is 17.2. The Morgan fingerprint density at radius 1 is 0.290 bits per heavy atom. The zero-order chi connectivity index (χ0) is 68.6. The topological polar surface area (TPSA) is 237 Å². The Balaban J connectivity index is 5.19. The lowest BCUT2D eigenvalue weighted by Gasteiger charge is -2.21. The van der Waals surface area contributed by atoms with Gasteiger partial charge in [0.15, 0.2) is 12.2 Å². The number of esters is 4. The van der Waals surface area contributed by atoms with E-state index >= 15 is 0 Å². The molecule has 0 bridgehead atoms. The molecule has 0 aliphatic rings. The summed E-state index contributed by atoms with van der Waals surface area (Å²) in [5, 5.41) is 10.6. The van der Waals surface area contributed by atoms with Crippen LogP contribution in [0.1, 0.15) is 382 Å². The molecule has 0 aliphatic carbocycles. The molecule has 0 rings (SSSR count). The molecule has 0 aromatic heterocycles. The van der Waals surface area contributed by atoms with E-state index in [1.165, 1.54) is 193 Å². The van der Waals surface area contributed by atoms with Crippen molar-refractivity contribution in [2.75, 3.05) is 39.6 Å². The molecule has 0 saturated heterocycles. The second-order valence-electron chi connectivity index (χ2n) is 27.6. The zero-order valence-electron chi connectivity index (χ0n) is 60.6. The molecule has 0 spiro atoms. The molecule has 3 N–H and O–H groups in total. The first kappa shape index (κ1) is 91.1. The lowest BCUT2D eigenvalue weighted by Crippen LogP contribution is -2.30. The van der Waals surface area contributed by atoms with E-state index in [1.54, 1.807) is 0 Å². The molecule has 0 saturated carbocycles. The highest BCUT2D eigenvalue weighted by Crippen LogP contribution is 2.45. The fourth-order valence-corrected chi connectivity index (χ4v) is 12.9. The van der Waals surface area contributed by atoms with Crippen LogP contribution in [0, 0.1) is 11.8 Å². The number of phosphoric ester groups is 2. The number of carbonyl (C=O) groups is 4. The van der Waals surface area contributed by atoms with Gasteiger partial charge in [-0.1, -0.05) is 330 Å². The Bertz CT molecular complexity index is 1800. The molecule has 0 amide bonds. The number of unbranched alkanes of at least 4 members (excludes halogenated alkanes) is 43. The van der Waals surface area contributed by atoms with Crippen molar-refractivity contribution in [2.24, 2.45) is 11.8 Å². The van der Waals surface area contributed by atoms with E-state index in [0.717, 1.165) is 96.3 Å². The molecular weight excluding hydrogens is 1220 g/mol. The van der Waals surface area contributed by atoms with Crippen LogP contribution in [-0.2, 0) is 65.4 Å². The highest BCUT2D eigenvalue weighted by Gasteiger charge is 2.30. The Hall–Kier alpha value is -1.94. The van der Waals surface area contributed by atoms with E-state index in [9.17, 15) is 43.2 Å². The number of phosphoric acid groups is 2. The van der Waals surface area contributed by atoms with Crippen molar-refractivity contribution in [3.05, 3.63) is 0 Å². The van der Waals surface area contributed by atoms with Gasteiger partial charge in [-0.3, -0.25) is 37.3 Å². The minimum absolute atomic E-state index is 0.101. The Morgan fingerprint density at radius 2 is 0.495 bits per heavy atom. The average Bonchev–Trinajstić information content (AvgIpc) is 1.80. The van der Waals surface area contributed by atoms with E-state index in [4.69, 9.17) is 37.0 Å². The number of rotatable bonds is 73. The molecule has 93 heavy (non-hydrogen) atoms. The maximum atomic E-state index is 13.1. The van der Waals surface area contributed by atoms with Crippen LogP contribution < -0.4 is 0 Å². The summed E-state index contributed by atoms with van der Waals surface area (Å²) >= 11 is 0. The monoisotopic (exact) mass is 1370 g/mol. The Kier molecular flexibility index (Phi) is 64.6. The zero-order valence-corrected chi connectivity index (χ0v) is 62.3. The summed E-state index contributed by atoms with van der Waals surface area (Å²) in [6.45, 7) is 9.40. The third kappa shape index (κ3) is 68.4. The molecule has 0 fully saturated rings. The number of aliphatic hydroxyl groups is 1. The predicted molar refractivity (Wildman–Crippen MR) is 377 cm³/mol. The van der Waals surface area contributed by atoms with Crippen molar-refractivity contribution in [2.45, 2.75) is 400 Å². The number of carbonyl (C=O) groups excluding carboxylic acids is 4. The van der Waals surface area contributed by atoms with Crippen LogP contribution in [-0.4, -0.2) is 96.7 Å². The summed E-state index contributed by atoms with van der Waals surface area (Å²) in [6.07, 6.45) is 53.2. The first-order valence-electron chi connectivity index (χ1n) is 38.5.